The molecule has 3 N–H and O–H groups in total. The zero-order valence-electron chi connectivity index (χ0n) is 16.5. The second-order valence-electron chi connectivity index (χ2n) is 7.34. The highest BCUT2D eigenvalue weighted by molar-refractivity contribution is 5.86. The molecule has 2 aromatic rings. The van der Waals surface area contributed by atoms with Crippen LogP contribution in [-0.2, 0) is 6.42 Å². The minimum atomic E-state index is 0.517. The molecule has 6 nitrogen and oxygen atoms in total. The number of aromatic nitrogens is 1. The summed E-state index contributed by atoms with van der Waals surface area (Å²) in [5.74, 6) is 0.877. The Balaban J connectivity index is 1.49. The number of H-pyrrole nitrogens is 1. The molecule has 0 saturated carbocycles. The molecule has 0 spiro atoms. The first-order valence-electron chi connectivity index (χ1n) is 9.47. The SMILES string of the molecule is CN=C(NCCc1c[nH]c2c(C)cccc12)NCC1CN(C)CCN1C. The molecule has 1 unspecified atom stereocenters. The number of aryl methyl sites for hydroxylation is 1. The fraction of sp³-hybridized carbons (Fsp3) is 0.550. The Hall–Kier alpha value is -2.05. The number of aliphatic imine (C=N–C) groups is 1. The molecule has 1 atom stereocenters. The maximum atomic E-state index is 4.37. The molecule has 1 aliphatic heterocycles. The zero-order chi connectivity index (χ0) is 18.5. The Morgan fingerprint density at radius 3 is 2.92 bits per heavy atom. The molecule has 1 fully saturated rings. The number of hydrogen-bond acceptors (Lipinski definition) is 3. The number of hydrogen-bond donors (Lipinski definition) is 3. The van der Waals surface area contributed by atoms with Gasteiger partial charge in [-0.05, 0) is 38.6 Å². The number of nitrogens with zero attached hydrogens (tertiary/aromatic N) is 3. The highest BCUT2D eigenvalue weighted by Crippen LogP contribution is 2.21. The Morgan fingerprint density at radius 1 is 1.27 bits per heavy atom. The van der Waals surface area contributed by atoms with Gasteiger partial charge in [-0.25, -0.2) is 0 Å². The summed E-state index contributed by atoms with van der Waals surface area (Å²) in [4.78, 5) is 12.6. The van der Waals surface area contributed by atoms with E-state index < -0.39 is 0 Å². The Morgan fingerprint density at radius 2 is 2.12 bits per heavy atom. The van der Waals surface area contributed by atoms with Crippen LogP contribution in [0.25, 0.3) is 10.9 Å². The van der Waals surface area contributed by atoms with Crippen molar-refractivity contribution in [2.24, 2.45) is 4.99 Å². The van der Waals surface area contributed by atoms with Gasteiger partial charge in [-0.2, -0.15) is 0 Å². The van der Waals surface area contributed by atoms with Crippen molar-refractivity contribution in [2.75, 3.05) is 53.9 Å². The van der Waals surface area contributed by atoms with Crippen LogP contribution in [0.1, 0.15) is 11.1 Å². The van der Waals surface area contributed by atoms with Gasteiger partial charge in [0.15, 0.2) is 5.96 Å². The number of piperazine rings is 1. The Bertz CT molecular complexity index is 750. The standard InChI is InChI=1S/C20H32N6/c1-15-6-5-7-18-16(12-23-19(15)18)8-9-22-20(21-2)24-13-17-14-25(3)10-11-26(17)4/h5-7,12,17,23H,8-11,13-14H2,1-4H3,(H2,21,22,24). The maximum Gasteiger partial charge on any atom is 0.191 e. The van der Waals surface area contributed by atoms with Crippen LogP contribution < -0.4 is 10.6 Å². The lowest BCUT2D eigenvalue weighted by Gasteiger charge is -2.37. The summed E-state index contributed by atoms with van der Waals surface area (Å²) in [7, 11) is 6.23. The van der Waals surface area contributed by atoms with Crippen molar-refractivity contribution < 1.29 is 0 Å². The van der Waals surface area contributed by atoms with Crippen LogP contribution in [0.5, 0.6) is 0 Å². The van der Waals surface area contributed by atoms with Crippen molar-refractivity contribution in [3.8, 4) is 0 Å². The van der Waals surface area contributed by atoms with Crippen molar-refractivity contribution in [3.63, 3.8) is 0 Å². The lowest BCUT2D eigenvalue weighted by molar-refractivity contribution is 0.116. The molecule has 0 amide bonds. The molecule has 1 aliphatic rings. The Labute approximate surface area is 156 Å². The van der Waals surface area contributed by atoms with Crippen LogP contribution in [0.2, 0.25) is 0 Å². The molecule has 142 valence electrons. The average Bonchev–Trinajstić information content (AvgIpc) is 3.05. The lowest BCUT2D eigenvalue weighted by atomic mass is 10.1. The van der Waals surface area contributed by atoms with Crippen LogP contribution in [0.15, 0.2) is 29.4 Å². The van der Waals surface area contributed by atoms with Gasteiger partial charge in [-0.15, -0.1) is 0 Å². The van der Waals surface area contributed by atoms with Crippen LogP contribution in [0, 0.1) is 6.92 Å². The van der Waals surface area contributed by atoms with Crippen molar-refractivity contribution >= 4 is 16.9 Å². The van der Waals surface area contributed by atoms with E-state index in [0.717, 1.165) is 45.1 Å². The Kier molecular flexibility index (Phi) is 6.16. The molecule has 0 aliphatic carbocycles. The number of rotatable bonds is 5. The minimum absolute atomic E-state index is 0.517. The fourth-order valence-electron chi connectivity index (χ4n) is 3.64. The molecule has 26 heavy (non-hydrogen) atoms. The molecule has 0 bridgehead atoms. The van der Waals surface area contributed by atoms with E-state index in [1.54, 1.807) is 0 Å². The van der Waals surface area contributed by atoms with Gasteiger partial charge >= 0.3 is 0 Å². The second-order valence-corrected chi connectivity index (χ2v) is 7.34. The minimum Gasteiger partial charge on any atom is -0.361 e. The van der Waals surface area contributed by atoms with Gasteiger partial charge in [-0.1, -0.05) is 18.2 Å². The van der Waals surface area contributed by atoms with Crippen molar-refractivity contribution in [2.45, 2.75) is 19.4 Å². The highest BCUT2D eigenvalue weighted by atomic mass is 15.3. The van der Waals surface area contributed by atoms with E-state index in [2.05, 4.69) is 75.8 Å². The number of guanidine groups is 1. The number of aromatic amines is 1. The molecule has 3 rings (SSSR count). The average molecular weight is 357 g/mol. The summed E-state index contributed by atoms with van der Waals surface area (Å²) in [5, 5.41) is 8.25. The first-order chi connectivity index (χ1) is 12.6. The van der Waals surface area contributed by atoms with Crippen LogP contribution in [-0.4, -0.2) is 80.7 Å². The number of para-hydroxylation sites is 1. The van der Waals surface area contributed by atoms with Gasteiger partial charge in [0.05, 0.1) is 0 Å². The monoisotopic (exact) mass is 356 g/mol. The van der Waals surface area contributed by atoms with Crippen LogP contribution in [0.4, 0.5) is 0 Å². The van der Waals surface area contributed by atoms with E-state index in [9.17, 15) is 0 Å². The molecular weight excluding hydrogens is 324 g/mol. The highest BCUT2D eigenvalue weighted by Gasteiger charge is 2.21. The maximum absolute atomic E-state index is 4.37. The molecule has 1 saturated heterocycles. The summed E-state index contributed by atoms with van der Waals surface area (Å²) >= 11 is 0. The first-order valence-corrected chi connectivity index (χ1v) is 9.47. The largest absolute Gasteiger partial charge is 0.361 e. The summed E-state index contributed by atoms with van der Waals surface area (Å²) in [5.41, 5.74) is 3.88. The third-order valence-corrected chi connectivity index (χ3v) is 5.41. The van der Waals surface area contributed by atoms with E-state index in [4.69, 9.17) is 0 Å². The van der Waals surface area contributed by atoms with Crippen molar-refractivity contribution in [1.82, 2.24) is 25.4 Å². The predicted molar refractivity (Wildman–Crippen MR) is 110 cm³/mol. The molecule has 1 aromatic carbocycles. The molecule has 1 aromatic heterocycles. The van der Waals surface area contributed by atoms with Crippen molar-refractivity contribution in [3.05, 3.63) is 35.5 Å². The van der Waals surface area contributed by atoms with E-state index in [1.807, 2.05) is 7.05 Å². The molecule has 2 heterocycles. The van der Waals surface area contributed by atoms with Gasteiger partial charge in [0.1, 0.15) is 0 Å². The van der Waals surface area contributed by atoms with E-state index in [-0.39, 0.29) is 0 Å². The van der Waals surface area contributed by atoms with Gasteiger partial charge in [-0.3, -0.25) is 9.89 Å². The summed E-state index contributed by atoms with van der Waals surface area (Å²) < 4.78 is 0. The van der Waals surface area contributed by atoms with Gasteiger partial charge in [0.25, 0.3) is 0 Å². The summed E-state index contributed by atoms with van der Waals surface area (Å²) in [6.07, 6.45) is 3.10. The van der Waals surface area contributed by atoms with Gasteiger partial charge < -0.3 is 20.5 Å². The molecule has 0 radical (unpaired) electrons. The molecule has 6 heteroatoms. The van der Waals surface area contributed by atoms with E-state index in [0.29, 0.717) is 6.04 Å². The van der Waals surface area contributed by atoms with E-state index >= 15 is 0 Å². The van der Waals surface area contributed by atoms with Crippen LogP contribution >= 0.6 is 0 Å². The smallest absolute Gasteiger partial charge is 0.191 e. The summed E-state index contributed by atoms with van der Waals surface area (Å²) in [6, 6.07) is 6.98. The second kappa shape index (κ2) is 8.56. The quantitative estimate of drug-likeness (QED) is 0.560. The van der Waals surface area contributed by atoms with Gasteiger partial charge in [0, 0.05) is 62.9 Å². The molecular formula is C20H32N6. The lowest BCUT2D eigenvalue weighted by Crippen LogP contribution is -2.55. The van der Waals surface area contributed by atoms with E-state index in [1.165, 1.54) is 22.0 Å². The topological polar surface area (TPSA) is 58.7 Å². The van der Waals surface area contributed by atoms with Crippen molar-refractivity contribution in [1.29, 1.82) is 0 Å². The normalized spacial score (nSPS) is 19.8. The first kappa shape index (κ1) is 18.7. The summed E-state index contributed by atoms with van der Waals surface area (Å²) in [6.45, 7) is 7.27. The number of benzene rings is 1. The predicted octanol–water partition coefficient (Wildman–Crippen LogP) is 1.43. The van der Waals surface area contributed by atoms with Gasteiger partial charge in [0.2, 0.25) is 0 Å². The number of nitrogens with one attached hydrogen (secondary N) is 3. The fourth-order valence-corrected chi connectivity index (χ4v) is 3.64. The third-order valence-electron chi connectivity index (χ3n) is 5.41. The zero-order valence-corrected chi connectivity index (χ0v) is 16.5. The number of likely N-dealkylation sites (N-methyl/N-ethyl adjacent to an activating group) is 2. The van der Waals surface area contributed by atoms with Crippen LogP contribution in [0.3, 0.4) is 0 Å². The number of fused-ring (bicyclic) bond motifs is 1. The third kappa shape index (κ3) is 4.37.